The minimum atomic E-state index is -0.204. The van der Waals surface area contributed by atoms with Crippen molar-refractivity contribution < 1.29 is 5.11 Å². The van der Waals surface area contributed by atoms with E-state index in [1.54, 1.807) is 0 Å². The molecular formula is C7H14N2O. The molecule has 2 fully saturated rings. The molecular weight excluding hydrogens is 128 g/mol. The van der Waals surface area contributed by atoms with Gasteiger partial charge in [0.1, 0.15) is 0 Å². The van der Waals surface area contributed by atoms with Gasteiger partial charge in [-0.25, -0.2) is 0 Å². The first-order valence-corrected chi connectivity index (χ1v) is 3.89. The fourth-order valence-corrected chi connectivity index (χ4v) is 2.53. The lowest BCUT2D eigenvalue weighted by atomic mass is 9.92. The molecule has 3 nitrogen and oxygen atoms in total. The highest BCUT2D eigenvalue weighted by molar-refractivity contribution is 5.05. The Bertz CT molecular complexity index is 139. The quantitative estimate of drug-likeness (QED) is 0.408. The zero-order chi connectivity index (χ0) is 7.30. The van der Waals surface area contributed by atoms with Crippen molar-refractivity contribution in [3.8, 4) is 0 Å². The maximum Gasteiger partial charge on any atom is 0.0627 e. The van der Waals surface area contributed by atoms with Gasteiger partial charge in [0, 0.05) is 18.0 Å². The number of hydrogen-bond acceptors (Lipinski definition) is 3. The topological polar surface area (TPSA) is 72.3 Å². The predicted octanol–water partition coefficient (Wildman–Crippen LogP) is -0.958. The second kappa shape index (κ2) is 1.94. The molecule has 0 aromatic heterocycles. The van der Waals surface area contributed by atoms with Crippen molar-refractivity contribution in [3.63, 3.8) is 0 Å². The molecule has 10 heavy (non-hydrogen) atoms. The van der Waals surface area contributed by atoms with Gasteiger partial charge in [0.15, 0.2) is 0 Å². The van der Waals surface area contributed by atoms with Crippen molar-refractivity contribution >= 4 is 0 Å². The van der Waals surface area contributed by atoms with E-state index in [-0.39, 0.29) is 24.1 Å². The van der Waals surface area contributed by atoms with Gasteiger partial charge in [0.25, 0.3) is 0 Å². The van der Waals surface area contributed by atoms with Crippen molar-refractivity contribution in [3.05, 3.63) is 0 Å². The molecule has 0 amide bonds. The molecule has 2 saturated carbocycles. The molecule has 0 heterocycles. The molecule has 58 valence electrons. The van der Waals surface area contributed by atoms with E-state index in [2.05, 4.69) is 0 Å². The van der Waals surface area contributed by atoms with Crippen molar-refractivity contribution in [2.45, 2.75) is 31.0 Å². The Kier molecular flexibility index (Phi) is 1.27. The summed E-state index contributed by atoms with van der Waals surface area (Å²) < 4.78 is 0. The van der Waals surface area contributed by atoms with E-state index in [9.17, 15) is 5.11 Å². The molecule has 3 atom stereocenters. The van der Waals surface area contributed by atoms with E-state index in [0.29, 0.717) is 5.92 Å². The van der Waals surface area contributed by atoms with Gasteiger partial charge in [-0.3, -0.25) is 0 Å². The van der Waals surface area contributed by atoms with Gasteiger partial charge in [-0.15, -0.1) is 0 Å². The average Bonchev–Trinajstić information content (AvgIpc) is 2.20. The van der Waals surface area contributed by atoms with Crippen molar-refractivity contribution in [1.82, 2.24) is 0 Å². The van der Waals surface area contributed by atoms with Crippen LogP contribution in [0.15, 0.2) is 0 Å². The van der Waals surface area contributed by atoms with E-state index < -0.39 is 0 Å². The average molecular weight is 142 g/mol. The minimum Gasteiger partial charge on any atom is -0.392 e. The number of aliphatic hydroxyl groups excluding tert-OH is 1. The van der Waals surface area contributed by atoms with Gasteiger partial charge in [-0.2, -0.15) is 0 Å². The van der Waals surface area contributed by atoms with Gasteiger partial charge in [-0.1, -0.05) is 0 Å². The maximum atomic E-state index is 9.51. The Morgan fingerprint density at radius 3 is 1.80 bits per heavy atom. The lowest BCUT2D eigenvalue weighted by Gasteiger charge is -2.22. The predicted molar refractivity (Wildman–Crippen MR) is 38.2 cm³/mol. The molecule has 2 aliphatic carbocycles. The normalized spacial score (nSPS) is 59.7. The molecule has 0 radical (unpaired) electrons. The summed E-state index contributed by atoms with van der Waals surface area (Å²) in [4.78, 5) is 0. The summed E-state index contributed by atoms with van der Waals surface area (Å²) in [6.07, 6.45) is 1.74. The number of rotatable bonds is 0. The smallest absolute Gasteiger partial charge is 0.0627 e. The first-order valence-electron chi connectivity index (χ1n) is 3.89. The second-order valence-electron chi connectivity index (χ2n) is 3.63. The Morgan fingerprint density at radius 1 is 1.10 bits per heavy atom. The summed E-state index contributed by atoms with van der Waals surface area (Å²) in [5, 5.41) is 9.51. The lowest BCUT2D eigenvalue weighted by Crippen LogP contribution is -2.41. The van der Waals surface area contributed by atoms with Crippen LogP contribution >= 0.6 is 0 Å². The molecule has 0 spiro atoms. The third-order valence-electron chi connectivity index (χ3n) is 3.02. The zero-order valence-electron chi connectivity index (χ0n) is 5.90. The highest BCUT2D eigenvalue weighted by Gasteiger charge is 2.50. The number of hydrogen-bond donors (Lipinski definition) is 3. The molecule has 0 aromatic rings. The highest BCUT2D eigenvalue weighted by Crippen LogP contribution is 2.42. The molecule has 0 aromatic carbocycles. The summed E-state index contributed by atoms with van der Waals surface area (Å²) in [6, 6.07) is 0.312. The van der Waals surface area contributed by atoms with Gasteiger partial charge < -0.3 is 16.6 Å². The molecule has 3 heteroatoms. The minimum absolute atomic E-state index is 0.156. The zero-order valence-corrected chi connectivity index (χ0v) is 5.90. The van der Waals surface area contributed by atoms with Crippen LogP contribution in [0, 0.1) is 11.8 Å². The van der Waals surface area contributed by atoms with Gasteiger partial charge >= 0.3 is 0 Å². The largest absolute Gasteiger partial charge is 0.392 e. The van der Waals surface area contributed by atoms with Crippen molar-refractivity contribution in [2.24, 2.45) is 23.3 Å². The third kappa shape index (κ3) is 0.654. The van der Waals surface area contributed by atoms with Crippen LogP contribution in [0.5, 0.6) is 0 Å². The maximum absolute atomic E-state index is 9.51. The van der Waals surface area contributed by atoms with E-state index in [1.165, 1.54) is 0 Å². The summed E-state index contributed by atoms with van der Waals surface area (Å²) in [7, 11) is 0. The second-order valence-corrected chi connectivity index (χ2v) is 3.63. The number of aliphatic hydroxyl groups is 1. The van der Waals surface area contributed by atoms with Crippen LogP contribution in [0.25, 0.3) is 0 Å². The molecule has 3 unspecified atom stereocenters. The van der Waals surface area contributed by atoms with Crippen molar-refractivity contribution in [1.29, 1.82) is 0 Å². The summed E-state index contributed by atoms with van der Waals surface area (Å²) in [6.45, 7) is 0. The Labute approximate surface area is 60.4 Å². The van der Waals surface area contributed by atoms with E-state index in [1.807, 2.05) is 0 Å². The lowest BCUT2D eigenvalue weighted by molar-refractivity contribution is 0.123. The summed E-state index contributed by atoms with van der Waals surface area (Å²) >= 11 is 0. The van der Waals surface area contributed by atoms with Crippen LogP contribution < -0.4 is 11.5 Å². The Morgan fingerprint density at radius 2 is 1.60 bits per heavy atom. The van der Waals surface area contributed by atoms with Crippen molar-refractivity contribution in [2.75, 3.05) is 0 Å². The highest BCUT2D eigenvalue weighted by atomic mass is 16.3. The SMILES string of the molecule is NC1CC2CC(N)C1C2O. The third-order valence-corrected chi connectivity index (χ3v) is 3.02. The van der Waals surface area contributed by atoms with E-state index in [0.717, 1.165) is 12.8 Å². The van der Waals surface area contributed by atoms with Crippen LogP contribution in [0.3, 0.4) is 0 Å². The van der Waals surface area contributed by atoms with Gasteiger partial charge in [0.05, 0.1) is 6.10 Å². The summed E-state index contributed by atoms with van der Waals surface area (Å²) in [5.41, 5.74) is 11.5. The van der Waals surface area contributed by atoms with Gasteiger partial charge in [-0.05, 0) is 18.8 Å². The number of nitrogens with two attached hydrogens (primary N) is 2. The molecule has 5 N–H and O–H groups in total. The first-order chi connectivity index (χ1) is 4.70. The van der Waals surface area contributed by atoms with E-state index in [4.69, 9.17) is 11.5 Å². The van der Waals surface area contributed by atoms with Crippen LogP contribution in [-0.4, -0.2) is 23.3 Å². The van der Waals surface area contributed by atoms with Crippen LogP contribution in [0.1, 0.15) is 12.8 Å². The van der Waals surface area contributed by atoms with Gasteiger partial charge in [0.2, 0.25) is 0 Å². The van der Waals surface area contributed by atoms with E-state index >= 15 is 0 Å². The standard InChI is InChI=1S/C7H14N2O/c8-4-1-3-2-5(9)6(4)7(3)10/h3-7,10H,1-2,8-9H2. The van der Waals surface area contributed by atoms with Crippen LogP contribution in [0.4, 0.5) is 0 Å². The fourth-order valence-electron chi connectivity index (χ4n) is 2.53. The summed E-state index contributed by atoms with van der Waals surface area (Å²) in [5.74, 6) is 0.583. The fraction of sp³-hybridized carbons (Fsp3) is 1.00. The first kappa shape index (κ1) is 6.58. The Hall–Kier alpha value is -0.120. The molecule has 0 aliphatic heterocycles. The van der Waals surface area contributed by atoms with Crippen LogP contribution in [-0.2, 0) is 0 Å². The van der Waals surface area contributed by atoms with Crippen LogP contribution in [0.2, 0.25) is 0 Å². The molecule has 0 saturated heterocycles. The Balaban J connectivity index is 2.19. The molecule has 2 bridgehead atoms. The number of fused-ring (bicyclic) bond motifs is 2. The molecule has 2 rings (SSSR count). The molecule has 2 aliphatic rings. The monoisotopic (exact) mass is 142 g/mol.